The summed E-state index contributed by atoms with van der Waals surface area (Å²) in [5.41, 5.74) is 2.55. The SMILES string of the molecule is c1ccc(-c2ccc(CNC3CCCSc4ccccc43)o2)cc1. The summed E-state index contributed by atoms with van der Waals surface area (Å²) in [5, 5.41) is 3.69. The van der Waals surface area contributed by atoms with Crippen LogP contribution in [0.4, 0.5) is 0 Å². The number of benzene rings is 2. The molecule has 1 aliphatic heterocycles. The van der Waals surface area contributed by atoms with E-state index in [2.05, 4.69) is 53.8 Å². The second kappa shape index (κ2) is 7.29. The fraction of sp³-hybridized carbons (Fsp3) is 0.238. The number of thioether (sulfide) groups is 1. The molecule has 2 nitrogen and oxygen atoms in total. The third-order valence-electron chi connectivity index (χ3n) is 4.43. The second-order valence-corrected chi connectivity index (χ2v) is 7.23. The predicted molar refractivity (Wildman–Crippen MR) is 100 cm³/mol. The van der Waals surface area contributed by atoms with Crippen molar-refractivity contribution in [3.05, 3.63) is 78.1 Å². The summed E-state index contributed by atoms with van der Waals surface area (Å²) in [5.74, 6) is 3.13. The maximum Gasteiger partial charge on any atom is 0.134 e. The predicted octanol–water partition coefficient (Wildman–Crippen LogP) is 5.66. The molecule has 24 heavy (non-hydrogen) atoms. The van der Waals surface area contributed by atoms with Crippen LogP contribution in [0.3, 0.4) is 0 Å². The number of fused-ring (bicyclic) bond motifs is 1. The molecule has 1 unspecified atom stereocenters. The first kappa shape index (κ1) is 15.6. The first-order valence-corrected chi connectivity index (χ1v) is 9.48. The lowest BCUT2D eigenvalue weighted by Crippen LogP contribution is -2.20. The zero-order chi connectivity index (χ0) is 16.2. The van der Waals surface area contributed by atoms with E-state index in [1.165, 1.54) is 29.1 Å². The molecule has 0 radical (unpaired) electrons. The summed E-state index contributed by atoms with van der Waals surface area (Å²) in [7, 11) is 0. The Morgan fingerprint density at radius 2 is 1.79 bits per heavy atom. The molecule has 2 heterocycles. The van der Waals surface area contributed by atoms with Crippen LogP contribution in [0.2, 0.25) is 0 Å². The van der Waals surface area contributed by atoms with Gasteiger partial charge < -0.3 is 9.73 Å². The molecule has 3 aromatic rings. The van der Waals surface area contributed by atoms with Crippen LogP contribution in [-0.2, 0) is 6.54 Å². The summed E-state index contributed by atoms with van der Waals surface area (Å²) < 4.78 is 6.01. The Bertz CT molecular complexity index is 796. The number of nitrogens with one attached hydrogen (secondary N) is 1. The van der Waals surface area contributed by atoms with Crippen molar-refractivity contribution < 1.29 is 4.42 Å². The van der Waals surface area contributed by atoms with Gasteiger partial charge in [-0.1, -0.05) is 48.5 Å². The Labute approximate surface area is 147 Å². The van der Waals surface area contributed by atoms with E-state index in [1.807, 2.05) is 30.0 Å². The van der Waals surface area contributed by atoms with Crippen molar-refractivity contribution in [2.45, 2.75) is 30.3 Å². The minimum Gasteiger partial charge on any atom is -0.460 e. The third kappa shape index (κ3) is 3.42. The van der Waals surface area contributed by atoms with E-state index >= 15 is 0 Å². The van der Waals surface area contributed by atoms with Gasteiger partial charge in [-0.2, -0.15) is 0 Å². The van der Waals surface area contributed by atoms with Gasteiger partial charge in [-0.15, -0.1) is 11.8 Å². The maximum absolute atomic E-state index is 6.01. The topological polar surface area (TPSA) is 25.2 Å². The molecule has 1 aromatic heterocycles. The summed E-state index contributed by atoms with van der Waals surface area (Å²) in [6.07, 6.45) is 2.42. The minimum atomic E-state index is 0.404. The first-order valence-electron chi connectivity index (χ1n) is 8.49. The lowest BCUT2D eigenvalue weighted by atomic mass is 10.0. The molecule has 0 bridgehead atoms. The van der Waals surface area contributed by atoms with Crippen molar-refractivity contribution >= 4 is 11.8 Å². The first-order chi connectivity index (χ1) is 11.9. The van der Waals surface area contributed by atoms with E-state index in [0.29, 0.717) is 6.04 Å². The van der Waals surface area contributed by atoms with Crippen LogP contribution in [0.15, 0.2) is 76.0 Å². The Hall–Kier alpha value is -1.97. The van der Waals surface area contributed by atoms with Crippen LogP contribution in [0, 0.1) is 0 Å². The Morgan fingerprint density at radius 1 is 0.958 bits per heavy atom. The van der Waals surface area contributed by atoms with Crippen molar-refractivity contribution in [2.75, 3.05) is 5.75 Å². The monoisotopic (exact) mass is 335 g/mol. The van der Waals surface area contributed by atoms with Crippen molar-refractivity contribution in [3.8, 4) is 11.3 Å². The molecular formula is C21H21NOS. The standard InChI is InChI=1S/C21H21NOS/c1-2-7-16(8-3-1)20-13-12-17(23-20)15-22-19-10-6-14-24-21-11-5-4-9-18(19)21/h1-5,7-9,11-13,19,22H,6,10,14-15H2. The van der Waals surface area contributed by atoms with Crippen molar-refractivity contribution in [2.24, 2.45) is 0 Å². The highest BCUT2D eigenvalue weighted by molar-refractivity contribution is 7.99. The molecule has 1 aliphatic rings. The van der Waals surface area contributed by atoms with Crippen LogP contribution >= 0.6 is 11.8 Å². The van der Waals surface area contributed by atoms with Gasteiger partial charge in [0.05, 0.1) is 6.54 Å². The molecule has 0 aliphatic carbocycles. The van der Waals surface area contributed by atoms with Crippen molar-refractivity contribution in [1.82, 2.24) is 5.32 Å². The van der Waals surface area contributed by atoms with Gasteiger partial charge in [0.1, 0.15) is 11.5 Å². The van der Waals surface area contributed by atoms with Crippen LogP contribution in [0.5, 0.6) is 0 Å². The second-order valence-electron chi connectivity index (χ2n) is 6.09. The molecular weight excluding hydrogens is 314 g/mol. The summed E-state index contributed by atoms with van der Waals surface area (Å²) in [6.45, 7) is 0.760. The molecule has 1 N–H and O–H groups in total. The summed E-state index contributed by atoms with van der Waals surface area (Å²) >= 11 is 1.97. The molecule has 4 rings (SSSR count). The van der Waals surface area contributed by atoms with E-state index in [9.17, 15) is 0 Å². The molecule has 1 atom stereocenters. The Morgan fingerprint density at radius 3 is 2.71 bits per heavy atom. The van der Waals surface area contributed by atoms with E-state index in [4.69, 9.17) is 4.42 Å². The number of rotatable bonds is 4. The van der Waals surface area contributed by atoms with Gasteiger partial charge >= 0.3 is 0 Å². The zero-order valence-corrected chi connectivity index (χ0v) is 14.4. The Balaban J connectivity index is 1.47. The fourth-order valence-corrected chi connectivity index (χ4v) is 4.27. The highest BCUT2D eigenvalue weighted by atomic mass is 32.2. The highest BCUT2D eigenvalue weighted by Crippen LogP contribution is 2.34. The molecule has 3 heteroatoms. The third-order valence-corrected chi connectivity index (χ3v) is 5.61. The normalized spacial score (nSPS) is 17.2. The van der Waals surface area contributed by atoms with E-state index in [0.717, 1.165) is 23.6 Å². The average Bonchev–Trinajstić information content (AvgIpc) is 3.02. The van der Waals surface area contributed by atoms with Crippen LogP contribution in [-0.4, -0.2) is 5.75 Å². The van der Waals surface area contributed by atoms with Gasteiger partial charge in [-0.3, -0.25) is 0 Å². The van der Waals surface area contributed by atoms with Crippen LogP contribution < -0.4 is 5.32 Å². The van der Waals surface area contributed by atoms with Gasteiger partial charge in [-0.25, -0.2) is 0 Å². The molecule has 0 saturated carbocycles. The molecule has 0 amide bonds. The minimum absolute atomic E-state index is 0.404. The van der Waals surface area contributed by atoms with E-state index in [1.54, 1.807) is 0 Å². The lowest BCUT2D eigenvalue weighted by molar-refractivity contribution is 0.438. The van der Waals surface area contributed by atoms with Gasteiger partial charge in [0.25, 0.3) is 0 Å². The van der Waals surface area contributed by atoms with Crippen LogP contribution in [0.1, 0.15) is 30.2 Å². The fourth-order valence-electron chi connectivity index (χ4n) is 3.19. The summed E-state index contributed by atoms with van der Waals surface area (Å²) in [6, 6.07) is 23.6. The zero-order valence-electron chi connectivity index (χ0n) is 13.6. The van der Waals surface area contributed by atoms with Gasteiger partial charge in [-0.05, 0) is 42.4 Å². The maximum atomic E-state index is 6.01. The van der Waals surface area contributed by atoms with Crippen molar-refractivity contribution in [1.29, 1.82) is 0 Å². The summed E-state index contributed by atoms with van der Waals surface area (Å²) in [4.78, 5) is 1.41. The lowest BCUT2D eigenvalue weighted by Gasteiger charge is -2.18. The van der Waals surface area contributed by atoms with Crippen molar-refractivity contribution in [3.63, 3.8) is 0 Å². The van der Waals surface area contributed by atoms with Gasteiger partial charge in [0.15, 0.2) is 0 Å². The number of furan rings is 1. The number of hydrogen-bond donors (Lipinski definition) is 1. The molecule has 0 saturated heterocycles. The van der Waals surface area contributed by atoms with Crippen LogP contribution in [0.25, 0.3) is 11.3 Å². The molecule has 0 spiro atoms. The van der Waals surface area contributed by atoms with E-state index in [-0.39, 0.29) is 0 Å². The van der Waals surface area contributed by atoms with Gasteiger partial charge in [0, 0.05) is 16.5 Å². The largest absolute Gasteiger partial charge is 0.460 e. The number of hydrogen-bond acceptors (Lipinski definition) is 3. The highest BCUT2D eigenvalue weighted by Gasteiger charge is 2.18. The smallest absolute Gasteiger partial charge is 0.134 e. The molecule has 122 valence electrons. The Kier molecular flexibility index (Phi) is 4.72. The molecule has 0 fully saturated rings. The van der Waals surface area contributed by atoms with Gasteiger partial charge in [0.2, 0.25) is 0 Å². The molecule has 2 aromatic carbocycles. The quantitative estimate of drug-likeness (QED) is 0.665. The average molecular weight is 335 g/mol. The van der Waals surface area contributed by atoms with E-state index < -0.39 is 0 Å².